The fourth-order valence-corrected chi connectivity index (χ4v) is 3.01. The molecule has 1 heterocycles. The number of ketones is 1. The highest BCUT2D eigenvalue weighted by Gasteiger charge is 2.39. The van der Waals surface area contributed by atoms with Gasteiger partial charge in [-0.05, 0) is 19.1 Å². The molecule has 1 aliphatic heterocycles. The largest absolute Gasteiger partial charge is 0.330 e. The Labute approximate surface area is 121 Å². The van der Waals surface area contributed by atoms with Crippen molar-refractivity contribution in [1.82, 2.24) is 0 Å². The fraction of sp³-hybridized carbons (Fsp3) is 0.357. The van der Waals surface area contributed by atoms with Crippen LogP contribution in [0.4, 0.5) is 5.69 Å². The molecule has 0 saturated carbocycles. The van der Waals surface area contributed by atoms with E-state index in [9.17, 15) is 14.4 Å². The Bertz CT molecular complexity index is 559. The number of amides is 2. The smallest absolute Gasteiger partial charge is 0.247 e. The topological polar surface area (TPSA) is 80.5 Å². The molecule has 0 radical (unpaired) electrons. The summed E-state index contributed by atoms with van der Waals surface area (Å²) in [6, 6.07) is 6.58. The zero-order valence-corrected chi connectivity index (χ0v) is 12.0. The van der Waals surface area contributed by atoms with Crippen LogP contribution < -0.4 is 10.6 Å². The first-order valence-electron chi connectivity index (χ1n) is 6.34. The highest BCUT2D eigenvalue weighted by Crippen LogP contribution is 2.29. The molecule has 1 saturated heterocycles. The van der Waals surface area contributed by atoms with E-state index in [1.807, 2.05) is 0 Å². The SMILES string of the molecule is CC(=O)c1cccc(N2C(=O)CC(SCCN)C2=O)c1. The normalized spacial score (nSPS) is 18.7. The van der Waals surface area contributed by atoms with Crippen molar-refractivity contribution < 1.29 is 14.4 Å². The van der Waals surface area contributed by atoms with Gasteiger partial charge in [0.1, 0.15) is 0 Å². The van der Waals surface area contributed by atoms with Crippen LogP contribution in [0.25, 0.3) is 0 Å². The number of Topliss-reactive ketones (excluding diaryl/α,β-unsaturated/α-hetero) is 1. The number of nitrogens with two attached hydrogens (primary N) is 1. The first-order valence-corrected chi connectivity index (χ1v) is 7.39. The van der Waals surface area contributed by atoms with E-state index < -0.39 is 0 Å². The molecule has 20 heavy (non-hydrogen) atoms. The summed E-state index contributed by atoms with van der Waals surface area (Å²) in [5, 5.41) is -0.368. The lowest BCUT2D eigenvalue weighted by Gasteiger charge is -2.15. The molecule has 0 aromatic heterocycles. The molecule has 2 rings (SSSR count). The van der Waals surface area contributed by atoms with Gasteiger partial charge in [0.2, 0.25) is 11.8 Å². The van der Waals surface area contributed by atoms with E-state index in [4.69, 9.17) is 5.73 Å². The molecule has 2 amide bonds. The van der Waals surface area contributed by atoms with Crippen LogP contribution in [0, 0.1) is 0 Å². The molecule has 106 valence electrons. The number of imide groups is 1. The minimum absolute atomic E-state index is 0.0972. The Hall–Kier alpha value is -1.66. The standard InChI is InChI=1S/C14H16N2O3S/c1-9(17)10-3-2-4-11(7-10)16-13(18)8-12(14(16)19)20-6-5-15/h2-4,7,12H,5-6,8,15H2,1H3. The van der Waals surface area contributed by atoms with Gasteiger partial charge in [0, 0.05) is 24.3 Å². The third kappa shape index (κ3) is 2.91. The van der Waals surface area contributed by atoms with Gasteiger partial charge < -0.3 is 5.73 Å². The van der Waals surface area contributed by atoms with Gasteiger partial charge in [-0.25, -0.2) is 4.90 Å². The summed E-state index contributed by atoms with van der Waals surface area (Å²) in [5.41, 5.74) is 6.37. The highest BCUT2D eigenvalue weighted by atomic mass is 32.2. The lowest BCUT2D eigenvalue weighted by Crippen LogP contribution is -2.31. The van der Waals surface area contributed by atoms with E-state index in [1.165, 1.54) is 23.6 Å². The second-order valence-corrected chi connectivity index (χ2v) is 5.84. The van der Waals surface area contributed by atoms with E-state index in [-0.39, 0.29) is 29.3 Å². The Morgan fingerprint density at radius 3 is 2.85 bits per heavy atom. The van der Waals surface area contributed by atoms with Crippen LogP contribution in [0.15, 0.2) is 24.3 Å². The van der Waals surface area contributed by atoms with Gasteiger partial charge in [0.05, 0.1) is 10.9 Å². The lowest BCUT2D eigenvalue weighted by molar-refractivity contribution is -0.121. The Morgan fingerprint density at radius 2 is 2.20 bits per heavy atom. The second kappa shape index (κ2) is 6.19. The molecule has 1 atom stereocenters. The number of carbonyl (C=O) groups excluding carboxylic acids is 3. The molecule has 2 N–H and O–H groups in total. The predicted molar refractivity (Wildman–Crippen MR) is 78.9 cm³/mol. The third-order valence-corrected chi connectivity index (χ3v) is 4.30. The molecule has 1 aromatic carbocycles. The maximum atomic E-state index is 12.3. The van der Waals surface area contributed by atoms with Crippen molar-refractivity contribution in [3.63, 3.8) is 0 Å². The van der Waals surface area contributed by atoms with Crippen LogP contribution in [0.3, 0.4) is 0 Å². The molecule has 0 bridgehead atoms. The summed E-state index contributed by atoms with van der Waals surface area (Å²) in [5.74, 6) is 0.0877. The summed E-state index contributed by atoms with van der Waals surface area (Å²) in [7, 11) is 0. The minimum Gasteiger partial charge on any atom is -0.330 e. The third-order valence-electron chi connectivity index (χ3n) is 3.05. The van der Waals surface area contributed by atoms with E-state index in [0.29, 0.717) is 23.5 Å². The Morgan fingerprint density at radius 1 is 1.45 bits per heavy atom. The van der Waals surface area contributed by atoms with Crippen molar-refractivity contribution >= 4 is 35.0 Å². The Kier molecular flexibility index (Phi) is 4.57. The number of anilines is 1. The molecular formula is C14H16N2O3S. The zero-order valence-electron chi connectivity index (χ0n) is 11.2. The van der Waals surface area contributed by atoms with Crippen molar-refractivity contribution in [3.05, 3.63) is 29.8 Å². The first-order chi connectivity index (χ1) is 9.54. The van der Waals surface area contributed by atoms with Gasteiger partial charge in [-0.15, -0.1) is 11.8 Å². The molecule has 1 aliphatic rings. The van der Waals surface area contributed by atoms with Crippen molar-refractivity contribution in [2.75, 3.05) is 17.2 Å². The van der Waals surface area contributed by atoms with Crippen molar-refractivity contribution in [2.24, 2.45) is 5.73 Å². The number of nitrogens with zero attached hydrogens (tertiary/aromatic N) is 1. The van der Waals surface area contributed by atoms with Crippen LogP contribution in [0.5, 0.6) is 0 Å². The summed E-state index contributed by atoms with van der Waals surface area (Å²) in [6.07, 6.45) is 0.188. The molecule has 1 fully saturated rings. The van der Waals surface area contributed by atoms with Crippen LogP contribution in [0.1, 0.15) is 23.7 Å². The zero-order chi connectivity index (χ0) is 14.7. The van der Waals surface area contributed by atoms with Crippen LogP contribution in [0.2, 0.25) is 0 Å². The lowest BCUT2D eigenvalue weighted by atomic mass is 10.1. The number of hydrogen-bond acceptors (Lipinski definition) is 5. The summed E-state index contributed by atoms with van der Waals surface area (Å²) in [6.45, 7) is 1.93. The summed E-state index contributed by atoms with van der Waals surface area (Å²) >= 11 is 1.40. The molecule has 1 aromatic rings. The van der Waals surface area contributed by atoms with Crippen molar-refractivity contribution in [3.8, 4) is 0 Å². The van der Waals surface area contributed by atoms with Crippen molar-refractivity contribution in [1.29, 1.82) is 0 Å². The van der Waals surface area contributed by atoms with E-state index in [1.54, 1.807) is 24.3 Å². The second-order valence-electron chi connectivity index (χ2n) is 4.53. The molecule has 6 heteroatoms. The predicted octanol–water partition coefficient (Wildman–Crippen LogP) is 1.21. The van der Waals surface area contributed by atoms with Crippen LogP contribution >= 0.6 is 11.8 Å². The number of hydrogen-bond donors (Lipinski definition) is 1. The van der Waals surface area contributed by atoms with E-state index in [0.717, 1.165) is 0 Å². The highest BCUT2D eigenvalue weighted by molar-refractivity contribution is 8.00. The molecular weight excluding hydrogens is 276 g/mol. The van der Waals surface area contributed by atoms with Gasteiger partial charge in [0.15, 0.2) is 5.78 Å². The average molecular weight is 292 g/mol. The Balaban J connectivity index is 2.24. The summed E-state index contributed by atoms with van der Waals surface area (Å²) in [4.78, 5) is 36.8. The number of benzene rings is 1. The van der Waals surface area contributed by atoms with Gasteiger partial charge in [-0.1, -0.05) is 12.1 Å². The van der Waals surface area contributed by atoms with Crippen molar-refractivity contribution in [2.45, 2.75) is 18.6 Å². The van der Waals surface area contributed by atoms with Gasteiger partial charge in [0.25, 0.3) is 0 Å². The van der Waals surface area contributed by atoms with E-state index >= 15 is 0 Å². The molecule has 0 spiro atoms. The molecule has 0 aliphatic carbocycles. The monoisotopic (exact) mass is 292 g/mol. The van der Waals surface area contributed by atoms with Gasteiger partial charge in [-0.2, -0.15) is 0 Å². The first kappa shape index (κ1) is 14.7. The minimum atomic E-state index is -0.368. The van der Waals surface area contributed by atoms with Gasteiger partial charge >= 0.3 is 0 Å². The number of thioether (sulfide) groups is 1. The molecule has 5 nitrogen and oxygen atoms in total. The maximum Gasteiger partial charge on any atom is 0.247 e. The quantitative estimate of drug-likeness (QED) is 0.652. The fourth-order valence-electron chi connectivity index (χ4n) is 2.08. The number of rotatable bonds is 5. The van der Waals surface area contributed by atoms with E-state index in [2.05, 4.69) is 0 Å². The maximum absolute atomic E-state index is 12.3. The average Bonchev–Trinajstić information content (AvgIpc) is 2.71. The van der Waals surface area contributed by atoms with Crippen LogP contribution in [-0.4, -0.2) is 35.1 Å². The summed E-state index contributed by atoms with van der Waals surface area (Å²) < 4.78 is 0. The number of carbonyl (C=O) groups is 3. The van der Waals surface area contributed by atoms with Gasteiger partial charge in [-0.3, -0.25) is 14.4 Å². The van der Waals surface area contributed by atoms with Crippen LogP contribution in [-0.2, 0) is 9.59 Å². The molecule has 1 unspecified atom stereocenters.